The molecule has 0 spiro atoms. The van der Waals surface area contributed by atoms with Gasteiger partial charge in [-0.25, -0.2) is 4.39 Å². The monoisotopic (exact) mass is 254 g/mol. The number of amides is 1. The molecule has 1 aromatic carbocycles. The first-order chi connectivity index (χ1) is 8.58. The SMILES string of the molecule is O=C(O)CCCNCC(=O)Nc1ccc(F)cc1. The number of rotatable bonds is 7. The van der Waals surface area contributed by atoms with Gasteiger partial charge in [0.05, 0.1) is 6.54 Å². The standard InChI is InChI=1S/C12H15FN2O3/c13-9-3-5-10(6-4-9)15-11(16)8-14-7-1-2-12(17)18/h3-6,14H,1-2,7-8H2,(H,15,16)(H,17,18). The molecule has 0 saturated heterocycles. The lowest BCUT2D eigenvalue weighted by Gasteiger charge is -2.06. The van der Waals surface area contributed by atoms with E-state index in [1.54, 1.807) is 0 Å². The quantitative estimate of drug-likeness (QED) is 0.639. The summed E-state index contributed by atoms with van der Waals surface area (Å²) in [6.07, 6.45) is 0.547. The maximum Gasteiger partial charge on any atom is 0.303 e. The molecule has 18 heavy (non-hydrogen) atoms. The van der Waals surface area contributed by atoms with Crippen LogP contribution in [0, 0.1) is 5.82 Å². The van der Waals surface area contributed by atoms with Crippen molar-refractivity contribution in [3.63, 3.8) is 0 Å². The first kappa shape index (κ1) is 14.1. The normalized spacial score (nSPS) is 10.1. The minimum absolute atomic E-state index is 0.0760. The van der Waals surface area contributed by atoms with Gasteiger partial charge in [0.1, 0.15) is 5.82 Å². The molecule has 0 fully saturated rings. The second kappa shape index (κ2) is 7.39. The van der Waals surface area contributed by atoms with Crippen LogP contribution < -0.4 is 10.6 Å². The Morgan fingerprint density at radius 3 is 2.50 bits per heavy atom. The van der Waals surface area contributed by atoms with E-state index in [9.17, 15) is 14.0 Å². The van der Waals surface area contributed by atoms with E-state index in [4.69, 9.17) is 5.11 Å². The van der Waals surface area contributed by atoms with Crippen molar-refractivity contribution in [2.75, 3.05) is 18.4 Å². The van der Waals surface area contributed by atoms with Gasteiger partial charge in [-0.1, -0.05) is 0 Å². The van der Waals surface area contributed by atoms with Gasteiger partial charge in [-0.2, -0.15) is 0 Å². The number of carboxylic acid groups (broad SMARTS) is 1. The second-order valence-corrected chi connectivity index (χ2v) is 3.73. The number of carboxylic acids is 1. The zero-order valence-corrected chi connectivity index (χ0v) is 9.78. The molecule has 0 saturated carbocycles. The smallest absolute Gasteiger partial charge is 0.303 e. The Kier molecular flexibility index (Phi) is 5.79. The maximum atomic E-state index is 12.6. The minimum Gasteiger partial charge on any atom is -0.481 e. The first-order valence-electron chi connectivity index (χ1n) is 5.56. The Morgan fingerprint density at radius 2 is 1.89 bits per heavy atom. The lowest BCUT2D eigenvalue weighted by molar-refractivity contribution is -0.137. The molecule has 0 atom stereocenters. The zero-order chi connectivity index (χ0) is 13.4. The van der Waals surface area contributed by atoms with Crippen LogP contribution in [-0.2, 0) is 9.59 Å². The van der Waals surface area contributed by atoms with Crippen molar-refractivity contribution in [3.8, 4) is 0 Å². The molecular weight excluding hydrogens is 239 g/mol. The van der Waals surface area contributed by atoms with Gasteiger partial charge in [0, 0.05) is 12.1 Å². The van der Waals surface area contributed by atoms with E-state index in [1.807, 2.05) is 0 Å². The van der Waals surface area contributed by atoms with Crippen molar-refractivity contribution in [2.45, 2.75) is 12.8 Å². The highest BCUT2D eigenvalue weighted by Gasteiger charge is 2.02. The minimum atomic E-state index is -0.854. The average molecular weight is 254 g/mol. The van der Waals surface area contributed by atoms with Gasteiger partial charge in [-0.3, -0.25) is 9.59 Å². The van der Waals surface area contributed by atoms with Crippen LogP contribution in [-0.4, -0.2) is 30.1 Å². The van der Waals surface area contributed by atoms with Gasteiger partial charge in [-0.15, -0.1) is 0 Å². The molecule has 0 aliphatic carbocycles. The Hall–Kier alpha value is -1.95. The zero-order valence-electron chi connectivity index (χ0n) is 9.78. The van der Waals surface area contributed by atoms with Gasteiger partial charge in [0.15, 0.2) is 0 Å². The molecule has 3 N–H and O–H groups in total. The summed E-state index contributed by atoms with van der Waals surface area (Å²) in [7, 11) is 0. The Morgan fingerprint density at radius 1 is 1.22 bits per heavy atom. The molecular formula is C12H15FN2O3. The second-order valence-electron chi connectivity index (χ2n) is 3.73. The predicted octanol–water partition coefficient (Wildman–Crippen LogP) is 1.22. The van der Waals surface area contributed by atoms with E-state index >= 15 is 0 Å². The fraction of sp³-hybridized carbons (Fsp3) is 0.333. The van der Waals surface area contributed by atoms with E-state index < -0.39 is 5.97 Å². The number of carbonyl (C=O) groups is 2. The molecule has 1 rings (SSSR count). The van der Waals surface area contributed by atoms with Crippen LogP contribution in [0.25, 0.3) is 0 Å². The van der Waals surface area contributed by atoms with E-state index in [-0.39, 0.29) is 24.7 Å². The summed E-state index contributed by atoms with van der Waals surface area (Å²) in [5.41, 5.74) is 0.522. The summed E-state index contributed by atoms with van der Waals surface area (Å²) in [5, 5.41) is 13.8. The maximum absolute atomic E-state index is 12.6. The van der Waals surface area contributed by atoms with E-state index in [2.05, 4.69) is 10.6 Å². The largest absolute Gasteiger partial charge is 0.481 e. The molecule has 1 aromatic rings. The summed E-state index contributed by atoms with van der Waals surface area (Å²) < 4.78 is 12.6. The number of nitrogens with one attached hydrogen (secondary N) is 2. The molecule has 5 nitrogen and oxygen atoms in total. The van der Waals surface area contributed by atoms with Crippen LogP contribution in [0.4, 0.5) is 10.1 Å². The van der Waals surface area contributed by atoms with Crippen molar-refractivity contribution in [1.29, 1.82) is 0 Å². The van der Waals surface area contributed by atoms with Crippen molar-refractivity contribution in [3.05, 3.63) is 30.1 Å². The number of hydrogen-bond donors (Lipinski definition) is 3. The van der Waals surface area contributed by atoms with Crippen LogP contribution in [0.5, 0.6) is 0 Å². The number of aliphatic carboxylic acids is 1. The average Bonchev–Trinajstić information content (AvgIpc) is 2.31. The third-order valence-corrected chi connectivity index (χ3v) is 2.16. The molecule has 0 aliphatic heterocycles. The van der Waals surface area contributed by atoms with Crippen molar-refractivity contribution in [1.82, 2.24) is 5.32 Å². The number of halogens is 1. The lowest BCUT2D eigenvalue weighted by Crippen LogP contribution is -2.29. The van der Waals surface area contributed by atoms with Crippen molar-refractivity contribution in [2.24, 2.45) is 0 Å². The van der Waals surface area contributed by atoms with E-state index in [0.717, 1.165) is 0 Å². The molecule has 0 aromatic heterocycles. The molecule has 0 radical (unpaired) electrons. The molecule has 0 bridgehead atoms. The van der Waals surface area contributed by atoms with Crippen molar-refractivity contribution < 1.29 is 19.1 Å². The van der Waals surface area contributed by atoms with Gasteiger partial charge in [0.2, 0.25) is 5.91 Å². The van der Waals surface area contributed by atoms with Crippen LogP contribution in [0.3, 0.4) is 0 Å². The number of hydrogen-bond acceptors (Lipinski definition) is 3. The molecule has 1 amide bonds. The molecule has 6 heteroatoms. The van der Waals surface area contributed by atoms with Crippen molar-refractivity contribution >= 4 is 17.6 Å². The van der Waals surface area contributed by atoms with Gasteiger partial charge in [0.25, 0.3) is 0 Å². The van der Waals surface area contributed by atoms with E-state index in [0.29, 0.717) is 18.7 Å². The van der Waals surface area contributed by atoms with Crippen LogP contribution in [0.2, 0.25) is 0 Å². The van der Waals surface area contributed by atoms with Crippen LogP contribution in [0.1, 0.15) is 12.8 Å². The highest BCUT2D eigenvalue weighted by molar-refractivity contribution is 5.92. The molecule has 0 heterocycles. The van der Waals surface area contributed by atoms with Gasteiger partial charge >= 0.3 is 5.97 Å². The molecule has 0 aliphatic rings. The number of anilines is 1. The number of benzene rings is 1. The van der Waals surface area contributed by atoms with Crippen LogP contribution >= 0.6 is 0 Å². The lowest BCUT2D eigenvalue weighted by atomic mass is 10.3. The number of carbonyl (C=O) groups excluding carboxylic acids is 1. The third-order valence-electron chi connectivity index (χ3n) is 2.16. The fourth-order valence-corrected chi connectivity index (χ4v) is 1.30. The highest BCUT2D eigenvalue weighted by Crippen LogP contribution is 2.07. The summed E-state index contributed by atoms with van der Waals surface area (Å²) >= 11 is 0. The first-order valence-corrected chi connectivity index (χ1v) is 5.56. The topological polar surface area (TPSA) is 78.4 Å². The highest BCUT2D eigenvalue weighted by atomic mass is 19.1. The van der Waals surface area contributed by atoms with Gasteiger partial charge in [-0.05, 0) is 37.2 Å². The summed E-state index contributed by atoms with van der Waals surface area (Å²) in [6.45, 7) is 0.556. The Balaban J connectivity index is 2.17. The Labute approximate surface area is 104 Å². The van der Waals surface area contributed by atoms with E-state index in [1.165, 1.54) is 24.3 Å². The Bertz CT molecular complexity index is 406. The van der Waals surface area contributed by atoms with Gasteiger partial charge < -0.3 is 15.7 Å². The summed E-state index contributed by atoms with van der Waals surface area (Å²) in [6, 6.07) is 5.46. The van der Waals surface area contributed by atoms with Crippen LogP contribution in [0.15, 0.2) is 24.3 Å². The summed E-state index contributed by atoms with van der Waals surface area (Å²) in [5.74, 6) is -1.47. The predicted molar refractivity (Wildman–Crippen MR) is 64.8 cm³/mol. The molecule has 0 unspecified atom stereocenters. The third kappa shape index (κ3) is 5.95. The molecule has 98 valence electrons. The fourth-order valence-electron chi connectivity index (χ4n) is 1.30. The summed E-state index contributed by atoms with van der Waals surface area (Å²) in [4.78, 5) is 21.6.